The molecular weight excluding hydrogens is 580 g/mol. The van der Waals surface area contributed by atoms with E-state index in [1.807, 2.05) is 6.92 Å². The molecule has 0 aliphatic carbocycles. The van der Waals surface area contributed by atoms with Crippen LogP contribution in [0.1, 0.15) is 39.9 Å². The van der Waals surface area contributed by atoms with E-state index in [0.717, 1.165) is 16.0 Å². The van der Waals surface area contributed by atoms with E-state index >= 15 is 0 Å². The molecule has 0 saturated carbocycles. The Morgan fingerprint density at radius 3 is 2.63 bits per heavy atom. The summed E-state index contributed by atoms with van der Waals surface area (Å²) in [5.41, 5.74) is 3.31. The van der Waals surface area contributed by atoms with Gasteiger partial charge in [0.05, 0.1) is 0 Å². The fourth-order valence-electron chi connectivity index (χ4n) is 4.63. The van der Waals surface area contributed by atoms with Crippen LogP contribution in [0.25, 0.3) is 0 Å². The zero-order valence-corrected chi connectivity index (χ0v) is 24.2. The van der Waals surface area contributed by atoms with Gasteiger partial charge in [-0.3, -0.25) is 24.1 Å². The van der Waals surface area contributed by atoms with E-state index in [1.165, 1.54) is 11.0 Å². The van der Waals surface area contributed by atoms with Crippen molar-refractivity contribution in [2.75, 3.05) is 25.1 Å². The van der Waals surface area contributed by atoms with E-state index in [0.29, 0.717) is 21.8 Å². The zero-order valence-electron chi connectivity index (χ0n) is 23.4. The molecule has 43 heavy (non-hydrogen) atoms. The average Bonchev–Trinajstić information content (AvgIpc) is 3.30. The molecule has 0 radical (unpaired) electrons. The Labute approximate surface area is 252 Å². The summed E-state index contributed by atoms with van der Waals surface area (Å²) >= 11 is 6.11. The van der Waals surface area contributed by atoms with Crippen LogP contribution in [0.5, 0.6) is 0 Å². The third kappa shape index (κ3) is 7.68. The minimum atomic E-state index is -0.893. The third-order valence-electron chi connectivity index (χ3n) is 6.90. The Morgan fingerprint density at radius 2 is 1.88 bits per heavy atom. The van der Waals surface area contributed by atoms with Crippen molar-refractivity contribution in [3.63, 3.8) is 0 Å². The number of hydrogen-bond donors (Lipinski definition) is 4. The predicted molar refractivity (Wildman–Crippen MR) is 156 cm³/mol. The second-order valence-electron chi connectivity index (χ2n) is 9.91. The Hall–Kier alpha value is -4.91. The van der Waals surface area contributed by atoms with E-state index in [-0.39, 0.29) is 38.4 Å². The summed E-state index contributed by atoms with van der Waals surface area (Å²) in [6.45, 7) is 4.76. The minimum absolute atomic E-state index is 0.00894. The number of hydrogen-bond acceptors (Lipinski definition) is 7. The number of carbonyl (C=O) groups excluding carboxylic acids is 6. The fourth-order valence-corrected chi connectivity index (χ4v) is 4.81. The standard InChI is InChI=1S/C29H31ClN6O7/c1-3-10-43-29(42)32-14-24(37)33-16-36-25(38)9-8-23(27(36)40)35-15-19-11-18(5-7-21(19)26(35)39)13-31-28(41)34-20-6-4-17(2)22(30)12-20/h3-7,11-12,23H,1,8-10,13-16H2,2H3,(H,32,42)(H,33,37)(H2,31,34,41). The number of likely N-dealkylation sites (tertiary alicyclic amines) is 1. The molecule has 1 saturated heterocycles. The molecule has 4 rings (SSSR count). The fraction of sp³-hybridized carbons (Fsp3) is 0.310. The van der Waals surface area contributed by atoms with E-state index in [2.05, 4.69) is 27.8 Å². The first-order valence-electron chi connectivity index (χ1n) is 13.4. The number of imide groups is 1. The molecule has 4 N–H and O–H groups in total. The quantitative estimate of drug-likeness (QED) is 0.237. The number of halogens is 1. The monoisotopic (exact) mass is 610 g/mol. The Morgan fingerprint density at radius 1 is 1.09 bits per heavy atom. The molecule has 226 valence electrons. The number of piperidine rings is 1. The molecule has 13 nitrogen and oxygen atoms in total. The third-order valence-corrected chi connectivity index (χ3v) is 7.31. The highest BCUT2D eigenvalue weighted by Crippen LogP contribution is 2.29. The summed E-state index contributed by atoms with van der Waals surface area (Å²) in [7, 11) is 0. The van der Waals surface area contributed by atoms with Gasteiger partial charge in [0.2, 0.25) is 11.8 Å². The predicted octanol–water partition coefficient (Wildman–Crippen LogP) is 2.43. The molecule has 0 bridgehead atoms. The molecule has 0 spiro atoms. The van der Waals surface area contributed by atoms with Crippen molar-refractivity contribution in [2.45, 2.75) is 38.9 Å². The summed E-state index contributed by atoms with van der Waals surface area (Å²) in [5.74, 6) is -2.07. The molecule has 1 unspecified atom stereocenters. The number of aryl methyl sites for hydroxylation is 1. The van der Waals surface area contributed by atoms with E-state index < -0.39 is 49.1 Å². The number of ether oxygens (including phenoxy) is 1. The van der Waals surface area contributed by atoms with Crippen LogP contribution < -0.4 is 21.3 Å². The maximum atomic E-state index is 13.2. The molecule has 2 aromatic rings. The van der Waals surface area contributed by atoms with Gasteiger partial charge < -0.3 is 30.9 Å². The van der Waals surface area contributed by atoms with Gasteiger partial charge in [0.1, 0.15) is 25.9 Å². The van der Waals surface area contributed by atoms with Crippen molar-refractivity contribution >= 4 is 53.0 Å². The molecule has 1 fully saturated rings. The summed E-state index contributed by atoms with van der Waals surface area (Å²) in [4.78, 5) is 77.2. The summed E-state index contributed by atoms with van der Waals surface area (Å²) < 4.78 is 4.71. The van der Waals surface area contributed by atoms with Gasteiger partial charge in [-0.15, -0.1) is 0 Å². The van der Waals surface area contributed by atoms with Gasteiger partial charge in [0.25, 0.3) is 11.8 Å². The number of rotatable bonds is 10. The van der Waals surface area contributed by atoms with Crippen LogP contribution in [0.3, 0.4) is 0 Å². The molecule has 14 heteroatoms. The number of anilines is 1. The lowest BCUT2D eigenvalue weighted by Gasteiger charge is -2.35. The second-order valence-corrected chi connectivity index (χ2v) is 10.3. The second kappa shape index (κ2) is 13.8. The molecule has 7 amide bonds. The number of urea groups is 1. The molecule has 2 heterocycles. The maximum absolute atomic E-state index is 13.2. The number of alkyl carbamates (subject to hydrolysis) is 1. The zero-order chi connectivity index (χ0) is 31.1. The van der Waals surface area contributed by atoms with Gasteiger partial charge in [0.15, 0.2) is 0 Å². The minimum Gasteiger partial charge on any atom is -0.445 e. The highest BCUT2D eigenvalue weighted by atomic mass is 35.5. The van der Waals surface area contributed by atoms with Crippen molar-refractivity contribution in [1.29, 1.82) is 0 Å². The van der Waals surface area contributed by atoms with Crippen LogP contribution in [-0.4, -0.2) is 71.4 Å². The number of carbonyl (C=O) groups is 6. The first-order valence-corrected chi connectivity index (χ1v) is 13.8. The largest absolute Gasteiger partial charge is 0.445 e. The van der Waals surface area contributed by atoms with Gasteiger partial charge in [0, 0.05) is 35.8 Å². The van der Waals surface area contributed by atoms with Crippen LogP contribution >= 0.6 is 11.6 Å². The van der Waals surface area contributed by atoms with Crippen LogP contribution in [-0.2, 0) is 32.2 Å². The Bertz CT molecular complexity index is 1480. The first kappa shape index (κ1) is 31.0. The van der Waals surface area contributed by atoms with E-state index in [4.69, 9.17) is 16.3 Å². The van der Waals surface area contributed by atoms with Gasteiger partial charge in [-0.1, -0.05) is 42.5 Å². The van der Waals surface area contributed by atoms with E-state index in [1.54, 1.807) is 36.4 Å². The number of nitrogens with one attached hydrogen (secondary N) is 4. The van der Waals surface area contributed by atoms with Crippen molar-refractivity contribution < 1.29 is 33.5 Å². The highest BCUT2D eigenvalue weighted by molar-refractivity contribution is 6.31. The van der Waals surface area contributed by atoms with Gasteiger partial charge in [-0.2, -0.15) is 0 Å². The number of nitrogens with zero attached hydrogens (tertiary/aromatic N) is 2. The average molecular weight is 611 g/mol. The molecule has 2 aliphatic heterocycles. The normalized spacial score (nSPS) is 16.0. The Kier molecular flexibility index (Phi) is 9.99. The molecule has 0 aromatic heterocycles. The topological polar surface area (TPSA) is 166 Å². The molecule has 1 atom stereocenters. The lowest BCUT2D eigenvalue weighted by Crippen LogP contribution is -2.57. The first-order chi connectivity index (χ1) is 20.6. The van der Waals surface area contributed by atoms with Crippen LogP contribution in [0.4, 0.5) is 15.3 Å². The smallest absolute Gasteiger partial charge is 0.407 e. The van der Waals surface area contributed by atoms with Crippen LogP contribution in [0.15, 0.2) is 49.1 Å². The van der Waals surface area contributed by atoms with Crippen molar-refractivity contribution in [3.05, 3.63) is 76.3 Å². The SMILES string of the molecule is C=CCOC(=O)NCC(=O)NCN1C(=O)CCC(N2Cc3cc(CNC(=O)Nc4ccc(C)c(Cl)c4)ccc3C2=O)C1=O. The molecular formula is C29H31ClN6O7. The van der Waals surface area contributed by atoms with Gasteiger partial charge in [-0.05, 0) is 48.2 Å². The van der Waals surface area contributed by atoms with Gasteiger partial charge in [-0.25, -0.2) is 9.59 Å². The summed E-state index contributed by atoms with van der Waals surface area (Å²) in [6, 6.07) is 9.04. The van der Waals surface area contributed by atoms with Crippen molar-refractivity contribution in [1.82, 2.24) is 25.8 Å². The maximum Gasteiger partial charge on any atom is 0.407 e. The van der Waals surface area contributed by atoms with Crippen LogP contribution in [0.2, 0.25) is 5.02 Å². The lowest BCUT2D eigenvalue weighted by atomic mass is 10.0. The molecule has 2 aliphatic rings. The van der Waals surface area contributed by atoms with Gasteiger partial charge >= 0.3 is 12.1 Å². The lowest BCUT2D eigenvalue weighted by molar-refractivity contribution is -0.152. The number of amides is 7. The van der Waals surface area contributed by atoms with Crippen LogP contribution in [0, 0.1) is 6.92 Å². The van der Waals surface area contributed by atoms with Crippen molar-refractivity contribution in [2.24, 2.45) is 0 Å². The molecule has 2 aromatic carbocycles. The summed E-state index contributed by atoms with van der Waals surface area (Å²) in [6.07, 6.45) is 0.711. The summed E-state index contributed by atoms with van der Waals surface area (Å²) in [5, 5.41) is 10.7. The number of fused-ring (bicyclic) bond motifs is 1. The number of benzene rings is 2. The van der Waals surface area contributed by atoms with E-state index in [9.17, 15) is 28.8 Å². The van der Waals surface area contributed by atoms with Crippen molar-refractivity contribution in [3.8, 4) is 0 Å². The highest BCUT2D eigenvalue weighted by Gasteiger charge is 2.42. The Balaban J connectivity index is 1.31.